The molecule has 0 spiro atoms. The van der Waals surface area contributed by atoms with Gasteiger partial charge in [-0.1, -0.05) is 12.1 Å². The Balaban J connectivity index is 1.52. The number of aromatic amines is 1. The third-order valence-corrected chi connectivity index (χ3v) is 4.95. The highest BCUT2D eigenvalue weighted by molar-refractivity contribution is 5.94. The van der Waals surface area contributed by atoms with Crippen LogP contribution in [0.3, 0.4) is 0 Å². The van der Waals surface area contributed by atoms with Gasteiger partial charge in [-0.15, -0.1) is 0 Å². The second kappa shape index (κ2) is 7.15. The monoisotopic (exact) mass is 363 g/mol. The molecule has 0 bridgehead atoms. The van der Waals surface area contributed by atoms with Crippen molar-refractivity contribution in [3.8, 4) is 22.8 Å². The Morgan fingerprint density at radius 3 is 2.52 bits per heavy atom. The summed E-state index contributed by atoms with van der Waals surface area (Å²) in [4.78, 5) is 14.8. The molecule has 1 saturated heterocycles. The number of hydrogen-bond donors (Lipinski definition) is 1. The number of nitrogens with one attached hydrogen (secondary N) is 1. The van der Waals surface area contributed by atoms with Crippen molar-refractivity contribution in [1.82, 2.24) is 15.1 Å². The van der Waals surface area contributed by atoms with E-state index >= 15 is 0 Å². The minimum atomic E-state index is -0.0404. The fourth-order valence-electron chi connectivity index (χ4n) is 3.32. The molecule has 1 aliphatic heterocycles. The van der Waals surface area contributed by atoms with Crippen LogP contribution in [0, 0.1) is 0 Å². The number of methoxy groups -OCH3 is 2. The molecule has 2 heterocycles. The molecule has 1 N–H and O–H groups in total. The number of carbonyl (C=O) groups excluding carboxylic acids is 1. The van der Waals surface area contributed by atoms with Gasteiger partial charge in [0.05, 0.1) is 26.0 Å². The summed E-state index contributed by atoms with van der Waals surface area (Å²) in [6.07, 6.45) is 0.943. The third kappa shape index (κ3) is 3.26. The molecule has 1 amide bonds. The van der Waals surface area contributed by atoms with E-state index in [9.17, 15) is 4.79 Å². The highest BCUT2D eigenvalue weighted by Gasteiger charge is 2.34. The van der Waals surface area contributed by atoms with Crippen LogP contribution in [-0.2, 0) is 0 Å². The van der Waals surface area contributed by atoms with Crippen molar-refractivity contribution in [2.75, 3.05) is 20.8 Å². The fourth-order valence-corrected chi connectivity index (χ4v) is 3.32. The Kier molecular flexibility index (Phi) is 4.54. The van der Waals surface area contributed by atoms with Crippen LogP contribution < -0.4 is 9.47 Å². The van der Waals surface area contributed by atoms with Gasteiger partial charge in [0.15, 0.2) is 0 Å². The first-order valence-electron chi connectivity index (χ1n) is 8.84. The topological polar surface area (TPSA) is 67.4 Å². The SMILES string of the molecule is COc1ccc(-c2cc(C(=O)N3CC[C@@H]3c3cccc(OC)c3)[nH]n2)cc1. The summed E-state index contributed by atoms with van der Waals surface area (Å²) < 4.78 is 10.5. The first-order chi connectivity index (χ1) is 13.2. The number of ether oxygens (including phenoxy) is 2. The largest absolute Gasteiger partial charge is 0.497 e. The number of H-pyrrole nitrogens is 1. The average Bonchev–Trinajstić information content (AvgIpc) is 3.17. The van der Waals surface area contributed by atoms with E-state index in [1.807, 2.05) is 53.4 Å². The summed E-state index contributed by atoms with van der Waals surface area (Å²) >= 11 is 0. The zero-order valence-electron chi connectivity index (χ0n) is 15.3. The van der Waals surface area contributed by atoms with Gasteiger partial charge < -0.3 is 14.4 Å². The van der Waals surface area contributed by atoms with Crippen LogP contribution in [0.4, 0.5) is 0 Å². The molecule has 1 fully saturated rings. The molecule has 0 aliphatic carbocycles. The lowest BCUT2D eigenvalue weighted by Crippen LogP contribution is -2.45. The average molecular weight is 363 g/mol. The summed E-state index contributed by atoms with van der Waals surface area (Å²) in [5.74, 6) is 1.55. The van der Waals surface area contributed by atoms with Gasteiger partial charge in [-0.3, -0.25) is 9.89 Å². The molecule has 6 heteroatoms. The number of likely N-dealkylation sites (tertiary alicyclic amines) is 1. The van der Waals surface area contributed by atoms with Crippen molar-refractivity contribution < 1.29 is 14.3 Å². The summed E-state index contributed by atoms with van der Waals surface area (Å²) in [5, 5.41) is 7.17. The highest BCUT2D eigenvalue weighted by atomic mass is 16.5. The van der Waals surface area contributed by atoms with E-state index in [0.29, 0.717) is 5.69 Å². The van der Waals surface area contributed by atoms with E-state index in [4.69, 9.17) is 9.47 Å². The van der Waals surface area contributed by atoms with Gasteiger partial charge in [0.25, 0.3) is 5.91 Å². The third-order valence-electron chi connectivity index (χ3n) is 4.95. The molecule has 0 saturated carbocycles. The minimum absolute atomic E-state index is 0.0404. The van der Waals surface area contributed by atoms with Crippen molar-refractivity contribution in [2.45, 2.75) is 12.5 Å². The minimum Gasteiger partial charge on any atom is -0.497 e. The molecule has 1 aromatic heterocycles. The van der Waals surface area contributed by atoms with Crippen molar-refractivity contribution in [2.24, 2.45) is 0 Å². The van der Waals surface area contributed by atoms with E-state index < -0.39 is 0 Å². The lowest BCUT2D eigenvalue weighted by molar-refractivity contribution is 0.0453. The molecule has 4 rings (SSSR count). The number of carbonyl (C=O) groups is 1. The first kappa shape index (κ1) is 17.1. The lowest BCUT2D eigenvalue weighted by Gasteiger charge is -2.41. The smallest absolute Gasteiger partial charge is 0.272 e. The summed E-state index contributed by atoms with van der Waals surface area (Å²) in [5.41, 5.74) is 3.25. The molecule has 2 aromatic carbocycles. The van der Waals surface area contributed by atoms with Crippen LogP contribution >= 0.6 is 0 Å². The van der Waals surface area contributed by atoms with Gasteiger partial charge in [0.1, 0.15) is 17.2 Å². The Bertz CT molecular complexity index is 949. The van der Waals surface area contributed by atoms with E-state index in [1.165, 1.54) is 0 Å². The standard InChI is InChI=1S/C21H21N3O3/c1-26-16-8-6-14(7-9-16)18-13-19(23-22-18)21(25)24-11-10-20(24)15-4-3-5-17(12-15)27-2/h3-9,12-13,20H,10-11H2,1-2H3,(H,22,23)/t20-/m1/s1. The molecular formula is C21H21N3O3. The molecule has 1 aliphatic rings. The maximum atomic E-state index is 12.9. The van der Waals surface area contributed by atoms with E-state index in [-0.39, 0.29) is 11.9 Å². The summed E-state index contributed by atoms with van der Waals surface area (Å²) in [6.45, 7) is 0.734. The number of nitrogens with zero attached hydrogens (tertiary/aromatic N) is 2. The second-order valence-corrected chi connectivity index (χ2v) is 6.47. The van der Waals surface area contributed by atoms with Gasteiger partial charge in [-0.2, -0.15) is 5.10 Å². The first-order valence-corrected chi connectivity index (χ1v) is 8.84. The van der Waals surface area contributed by atoms with Crippen LogP contribution in [0.1, 0.15) is 28.5 Å². The number of aromatic nitrogens is 2. The predicted octanol–water partition coefficient (Wildman–Crippen LogP) is 3.68. The number of benzene rings is 2. The predicted molar refractivity (Wildman–Crippen MR) is 102 cm³/mol. The van der Waals surface area contributed by atoms with Gasteiger partial charge in [0.2, 0.25) is 0 Å². The lowest BCUT2D eigenvalue weighted by atomic mass is 9.94. The maximum Gasteiger partial charge on any atom is 0.272 e. The molecule has 3 aromatic rings. The van der Waals surface area contributed by atoms with E-state index in [2.05, 4.69) is 10.2 Å². The number of hydrogen-bond acceptors (Lipinski definition) is 4. The van der Waals surface area contributed by atoms with Crippen molar-refractivity contribution in [3.05, 3.63) is 65.9 Å². The van der Waals surface area contributed by atoms with Gasteiger partial charge in [-0.25, -0.2) is 0 Å². The summed E-state index contributed by atoms with van der Waals surface area (Å²) in [7, 11) is 3.28. The van der Waals surface area contributed by atoms with Crippen LogP contribution in [0.5, 0.6) is 11.5 Å². The molecule has 1 atom stereocenters. The zero-order valence-corrected chi connectivity index (χ0v) is 15.3. The molecule has 0 radical (unpaired) electrons. The molecule has 0 unspecified atom stereocenters. The van der Waals surface area contributed by atoms with E-state index in [1.54, 1.807) is 20.3 Å². The molecular weight excluding hydrogens is 342 g/mol. The maximum absolute atomic E-state index is 12.9. The zero-order chi connectivity index (χ0) is 18.8. The van der Waals surface area contributed by atoms with Crippen molar-refractivity contribution in [3.63, 3.8) is 0 Å². The number of amides is 1. The normalized spacial score (nSPS) is 15.9. The fraction of sp³-hybridized carbons (Fsp3) is 0.238. The molecule has 6 nitrogen and oxygen atoms in total. The molecule has 138 valence electrons. The number of rotatable bonds is 5. The van der Waals surface area contributed by atoms with Crippen LogP contribution in [0.2, 0.25) is 0 Å². The Morgan fingerprint density at radius 1 is 1.07 bits per heavy atom. The van der Waals surface area contributed by atoms with Gasteiger partial charge >= 0.3 is 0 Å². The van der Waals surface area contributed by atoms with Crippen molar-refractivity contribution >= 4 is 5.91 Å². The second-order valence-electron chi connectivity index (χ2n) is 6.47. The Hall–Kier alpha value is -3.28. The summed E-state index contributed by atoms with van der Waals surface area (Å²) in [6, 6.07) is 17.3. The van der Waals surface area contributed by atoms with Crippen LogP contribution in [0.15, 0.2) is 54.6 Å². The Labute approximate surface area is 157 Å². The van der Waals surface area contributed by atoms with Crippen LogP contribution in [0.25, 0.3) is 11.3 Å². The van der Waals surface area contributed by atoms with Gasteiger partial charge in [0, 0.05) is 12.1 Å². The Morgan fingerprint density at radius 2 is 1.85 bits per heavy atom. The van der Waals surface area contributed by atoms with Crippen LogP contribution in [-0.4, -0.2) is 41.8 Å². The van der Waals surface area contributed by atoms with E-state index in [0.717, 1.165) is 41.3 Å². The van der Waals surface area contributed by atoms with Crippen molar-refractivity contribution in [1.29, 1.82) is 0 Å². The quantitative estimate of drug-likeness (QED) is 0.751. The van der Waals surface area contributed by atoms with Gasteiger partial charge in [-0.05, 0) is 54.4 Å². The molecule has 27 heavy (non-hydrogen) atoms. The highest BCUT2D eigenvalue weighted by Crippen LogP contribution is 2.36.